The average Bonchev–Trinajstić information content (AvgIpc) is 2.83. The molecule has 0 heterocycles. The Morgan fingerprint density at radius 2 is 1.23 bits per heavy atom. The Labute approximate surface area is 181 Å². The summed E-state index contributed by atoms with van der Waals surface area (Å²) in [5.74, 6) is -0.744. The zero-order valence-corrected chi connectivity index (χ0v) is 17.2. The highest BCUT2D eigenvalue weighted by atomic mass is 16.5. The second-order valence-corrected chi connectivity index (χ2v) is 7.35. The number of benzene rings is 4. The Kier molecular flexibility index (Phi) is 6.04. The zero-order chi connectivity index (χ0) is 21.6. The SMILES string of the molecule is Cc1ccc(-c2ccccc2C(=O)OCC(=O)c2ccc(-c3ccccc3)cc2)cc1. The maximum atomic E-state index is 12.7. The van der Waals surface area contributed by atoms with Crippen molar-refractivity contribution in [2.24, 2.45) is 0 Å². The maximum Gasteiger partial charge on any atom is 0.339 e. The molecule has 4 rings (SSSR count). The number of Topliss-reactive ketones (excluding diaryl/α,β-unsaturated/α-hetero) is 1. The normalized spacial score (nSPS) is 10.5. The molecule has 3 nitrogen and oxygen atoms in total. The van der Waals surface area contributed by atoms with Crippen LogP contribution in [0.5, 0.6) is 0 Å². The maximum absolute atomic E-state index is 12.7. The van der Waals surface area contributed by atoms with Crippen LogP contribution in [0.3, 0.4) is 0 Å². The first kappa shape index (κ1) is 20.3. The first-order valence-electron chi connectivity index (χ1n) is 10.1. The van der Waals surface area contributed by atoms with Gasteiger partial charge in [-0.15, -0.1) is 0 Å². The van der Waals surface area contributed by atoms with E-state index in [4.69, 9.17) is 4.74 Å². The van der Waals surface area contributed by atoms with E-state index in [2.05, 4.69) is 0 Å². The van der Waals surface area contributed by atoms with Crippen molar-refractivity contribution in [3.63, 3.8) is 0 Å². The van der Waals surface area contributed by atoms with Crippen LogP contribution in [-0.4, -0.2) is 18.4 Å². The number of ether oxygens (including phenoxy) is 1. The Morgan fingerprint density at radius 3 is 1.94 bits per heavy atom. The largest absolute Gasteiger partial charge is 0.454 e. The molecule has 0 fully saturated rings. The molecule has 0 aliphatic heterocycles. The lowest BCUT2D eigenvalue weighted by atomic mass is 9.99. The predicted octanol–water partition coefficient (Wildman–Crippen LogP) is 6.37. The fourth-order valence-corrected chi connectivity index (χ4v) is 3.42. The van der Waals surface area contributed by atoms with Gasteiger partial charge in [0.1, 0.15) is 0 Å². The highest BCUT2D eigenvalue weighted by Crippen LogP contribution is 2.25. The summed E-state index contributed by atoms with van der Waals surface area (Å²) in [6, 6.07) is 32.5. The molecule has 0 amide bonds. The van der Waals surface area contributed by atoms with Gasteiger partial charge in [0.05, 0.1) is 5.56 Å². The number of rotatable bonds is 6. The minimum absolute atomic E-state index is 0.235. The lowest BCUT2D eigenvalue weighted by molar-refractivity contribution is 0.0475. The number of carbonyl (C=O) groups excluding carboxylic acids is 2. The van der Waals surface area contributed by atoms with E-state index in [1.54, 1.807) is 24.3 Å². The summed E-state index contributed by atoms with van der Waals surface area (Å²) >= 11 is 0. The van der Waals surface area contributed by atoms with Gasteiger partial charge in [0, 0.05) is 5.56 Å². The van der Waals surface area contributed by atoms with E-state index in [9.17, 15) is 9.59 Å². The number of hydrogen-bond acceptors (Lipinski definition) is 3. The van der Waals surface area contributed by atoms with E-state index < -0.39 is 5.97 Å². The average molecular weight is 406 g/mol. The minimum Gasteiger partial charge on any atom is -0.454 e. The fraction of sp³-hybridized carbons (Fsp3) is 0.0714. The summed E-state index contributed by atoms with van der Waals surface area (Å²) in [6.45, 7) is 1.72. The second kappa shape index (κ2) is 9.23. The molecule has 0 unspecified atom stereocenters. The van der Waals surface area contributed by atoms with Crippen LogP contribution in [0, 0.1) is 6.92 Å². The molecule has 0 saturated carbocycles. The first-order valence-corrected chi connectivity index (χ1v) is 10.1. The van der Waals surface area contributed by atoms with Crippen molar-refractivity contribution in [1.29, 1.82) is 0 Å². The topological polar surface area (TPSA) is 43.4 Å². The van der Waals surface area contributed by atoms with Crippen molar-refractivity contribution in [3.05, 3.63) is 120 Å². The van der Waals surface area contributed by atoms with Gasteiger partial charge in [0.15, 0.2) is 12.4 Å². The first-order chi connectivity index (χ1) is 15.1. The van der Waals surface area contributed by atoms with Crippen LogP contribution in [-0.2, 0) is 4.74 Å². The molecule has 0 radical (unpaired) electrons. The summed E-state index contributed by atoms with van der Waals surface area (Å²) in [5.41, 5.74) is 5.93. The van der Waals surface area contributed by atoms with Crippen molar-refractivity contribution in [1.82, 2.24) is 0 Å². The van der Waals surface area contributed by atoms with E-state index in [-0.39, 0.29) is 12.4 Å². The Balaban J connectivity index is 1.44. The molecule has 0 atom stereocenters. The highest BCUT2D eigenvalue weighted by molar-refractivity contribution is 6.01. The molecule has 0 saturated heterocycles. The van der Waals surface area contributed by atoms with Gasteiger partial charge in [-0.1, -0.05) is 103 Å². The van der Waals surface area contributed by atoms with Crippen molar-refractivity contribution in [2.45, 2.75) is 6.92 Å². The molecule has 0 aromatic heterocycles. The molecule has 0 N–H and O–H groups in total. The Bertz CT molecular complexity index is 1190. The van der Waals surface area contributed by atoms with Gasteiger partial charge in [-0.05, 0) is 35.2 Å². The van der Waals surface area contributed by atoms with Gasteiger partial charge in [0.2, 0.25) is 0 Å². The summed E-state index contributed by atoms with van der Waals surface area (Å²) < 4.78 is 5.36. The highest BCUT2D eigenvalue weighted by Gasteiger charge is 2.16. The summed E-state index contributed by atoms with van der Waals surface area (Å²) in [5, 5.41) is 0. The van der Waals surface area contributed by atoms with Gasteiger partial charge >= 0.3 is 5.97 Å². The summed E-state index contributed by atoms with van der Waals surface area (Å²) in [7, 11) is 0. The molecule has 4 aromatic rings. The number of hydrogen-bond donors (Lipinski definition) is 0. The molecule has 152 valence electrons. The number of carbonyl (C=O) groups is 2. The van der Waals surface area contributed by atoms with E-state index in [1.807, 2.05) is 85.8 Å². The van der Waals surface area contributed by atoms with Crippen molar-refractivity contribution in [3.8, 4) is 22.3 Å². The van der Waals surface area contributed by atoms with Gasteiger partial charge in [-0.2, -0.15) is 0 Å². The van der Waals surface area contributed by atoms with Crippen LogP contribution < -0.4 is 0 Å². The van der Waals surface area contributed by atoms with Gasteiger partial charge in [-0.25, -0.2) is 4.79 Å². The van der Waals surface area contributed by atoms with Gasteiger partial charge < -0.3 is 4.74 Å². The molecule has 31 heavy (non-hydrogen) atoms. The molecule has 3 heteroatoms. The third-order valence-corrected chi connectivity index (χ3v) is 5.16. The van der Waals surface area contributed by atoms with Crippen molar-refractivity contribution < 1.29 is 14.3 Å². The Hall–Kier alpha value is -3.98. The quantitative estimate of drug-likeness (QED) is 0.276. The van der Waals surface area contributed by atoms with E-state index >= 15 is 0 Å². The summed E-state index contributed by atoms with van der Waals surface area (Å²) in [4.78, 5) is 25.2. The lowest BCUT2D eigenvalue weighted by Crippen LogP contribution is -2.15. The molecular formula is C28H22O3. The van der Waals surface area contributed by atoms with Crippen LogP contribution in [0.4, 0.5) is 0 Å². The van der Waals surface area contributed by atoms with E-state index in [0.717, 1.165) is 27.8 Å². The second-order valence-electron chi connectivity index (χ2n) is 7.35. The molecule has 0 spiro atoms. The third kappa shape index (κ3) is 4.78. The lowest BCUT2D eigenvalue weighted by Gasteiger charge is -2.10. The molecular weight excluding hydrogens is 384 g/mol. The minimum atomic E-state index is -0.509. The zero-order valence-electron chi connectivity index (χ0n) is 17.2. The molecule has 4 aromatic carbocycles. The standard InChI is InChI=1S/C28H22O3/c1-20-11-13-23(14-12-20)25-9-5-6-10-26(25)28(30)31-19-27(29)24-17-15-22(16-18-24)21-7-3-2-4-8-21/h2-18H,19H2,1H3. The Morgan fingerprint density at radius 1 is 0.645 bits per heavy atom. The van der Waals surface area contributed by atoms with Crippen LogP contribution in [0.25, 0.3) is 22.3 Å². The predicted molar refractivity (Wildman–Crippen MR) is 123 cm³/mol. The van der Waals surface area contributed by atoms with Crippen molar-refractivity contribution >= 4 is 11.8 Å². The molecule has 0 aliphatic carbocycles. The summed E-state index contributed by atoms with van der Waals surface area (Å²) in [6.07, 6.45) is 0. The van der Waals surface area contributed by atoms with Crippen LogP contribution >= 0.6 is 0 Å². The smallest absolute Gasteiger partial charge is 0.339 e. The molecule has 0 aliphatic rings. The monoisotopic (exact) mass is 406 g/mol. The van der Waals surface area contributed by atoms with Crippen LogP contribution in [0.15, 0.2) is 103 Å². The fourth-order valence-electron chi connectivity index (χ4n) is 3.42. The van der Waals surface area contributed by atoms with Crippen LogP contribution in [0.2, 0.25) is 0 Å². The number of ketones is 1. The molecule has 0 bridgehead atoms. The van der Waals surface area contributed by atoms with Crippen LogP contribution in [0.1, 0.15) is 26.3 Å². The van der Waals surface area contributed by atoms with Gasteiger partial charge in [-0.3, -0.25) is 4.79 Å². The number of aryl methyl sites for hydroxylation is 1. The number of esters is 1. The third-order valence-electron chi connectivity index (χ3n) is 5.16. The van der Waals surface area contributed by atoms with Crippen molar-refractivity contribution in [2.75, 3.05) is 6.61 Å². The van der Waals surface area contributed by atoms with Gasteiger partial charge in [0.25, 0.3) is 0 Å². The van der Waals surface area contributed by atoms with E-state index in [0.29, 0.717) is 11.1 Å². The van der Waals surface area contributed by atoms with E-state index in [1.165, 1.54) is 0 Å².